The predicted molar refractivity (Wildman–Crippen MR) is 114 cm³/mol. The predicted octanol–water partition coefficient (Wildman–Crippen LogP) is 5.87. The van der Waals surface area contributed by atoms with E-state index in [4.69, 9.17) is 16.3 Å². The second-order valence-electron chi connectivity index (χ2n) is 9.05. The first-order valence-electron chi connectivity index (χ1n) is 9.35. The molecule has 0 aromatic heterocycles. The van der Waals surface area contributed by atoms with E-state index < -0.39 is 24.3 Å². The average molecular weight is 420 g/mol. The minimum absolute atomic E-state index is 0.0276. The molecule has 2 aromatic rings. The van der Waals surface area contributed by atoms with Crippen molar-refractivity contribution in [3.8, 4) is 0 Å². The Bertz CT molecular complexity index is 894. The van der Waals surface area contributed by atoms with Crippen molar-refractivity contribution in [1.82, 2.24) is 0 Å². The van der Waals surface area contributed by atoms with Gasteiger partial charge in [-0.3, -0.25) is 4.79 Å². The largest absolute Gasteiger partial charge is 0.452 e. The zero-order valence-electron chi connectivity index (χ0n) is 17.7. The first kappa shape index (κ1) is 22.9. The number of hydrogen-bond donors (Lipinski definition) is 1. The lowest BCUT2D eigenvalue weighted by atomic mass is 9.79. The minimum Gasteiger partial charge on any atom is -0.452 e. The number of nitrogens with one attached hydrogen (secondary N) is 1. The Balaban J connectivity index is 2.14. The SMILES string of the molecule is CC(C)(C)c1cc(C(=O)OCC(=O)Nc2ccc(Cl)cc2F)cc(C(C)(C)C)c1. The molecule has 0 atom stereocenters. The number of ether oxygens (including phenoxy) is 1. The average Bonchev–Trinajstić information content (AvgIpc) is 2.60. The van der Waals surface area contributed by atoms with Gasteiger partial charge in [0.2, 0.25) is 0 Å². The molecule has 0 spiro atoms. The Morgan fingerprint density at radius 1 is 0.966 bits per heavy atom. The van der Waals surface area contributed by atoms with Crippen LogP contribution in [0.1, 0.15) is 63.0 Å². The van der Waals surface area contributed by atoms with Gasteiger partial charge in [-0.25, -0.2) is 9.18 Å². The van der Waals surface area contributed by atoms with E-state index in [2.05, 4.69) is 52.9 Å². The summed E-state index contributed by atoms with van der Waals surface area (Å²) in [6, 6.07) is 9.56. The van der Waals surface area contributed by atoms with Crippen LogP contribution in [0.15, 0.2) is 36.4 Å². The molecule has 0 aliphatic carbocycles. The highest BCUT2D eigenvalue weighted by Crippen LogP contribution is 2.30. The Labute approximate surface area is 176 Å². The van der Waals surface area contributed by atoms with E-state index in [-0.39, 0.29) is 21.5 Å². The lowest BCUT2D eigenvalue weighted by Gasteiger charge is -2.25. The van der Waals surface area contributed by atoms with Gasteiger partial charge in [0.15, 0.2) is 6.61 Å². The highest BCUT2D eigenvalue weighted by molar-refractivity contribution is 6.30. The fourth-order valence-electron chi connectivity index (χ4n) is 2.60. The number of hydrogen-bond acceptors (Lipinski definition) is 3. The summed E-state index contributed by atoms with van der Waals surface area (Å²) < 4.78 is 18.9. The summed E-state index contributed by atoms with van der Waals surface area (Å²) in [5.41, 5.74) is 2.06. The van der Waals surface area contributed by atoms with Crippen molar-refractivity contribution in [3.05, 3.63) is 63.9 Å². The summed E-state index contributed by atoms with van der Waals surface area (Å²) in [5.74, 6) is -1.90. The maximum atomic E-state index is 13.8. The molecule has 1 amide bonds. The first-order valence-corrected chi connectivity index (χ1v) is 9.73. The summed E-state index contributed by atoms with van der Waals surface area (Å²) in [7, 11) is 0. The van der Waals surface area contributed by atoms with Crippen molar-refractivity contribution < 1.29 is 18.7 Å². The first-order chi connectivity index (χ1) is 13.3. The van der Waals surface area contributed by atoms with Crippen molar-refractivity contribution in [2.24, 2.45) is 0 Å². The molecule has 0 saturated heterocycles. The van der Waals surface area contributed by atoms with E-state index in [1.807, 2.05) is 0 Å². The molecule has 0 radical (unpaired) electrons. The number of rotatable bonds is 4. The Morgan fingerprint density at radius 3 is 2.00 bits per heavy atom. The zero-order chi connectivity index (χ0) is 22.0. The van der Waals surface area contributed by atoms with Gasteiger partial charge < -0.3 is 10.1 Å². The van der Waals surface area contributed by atoms with Crippen molar-refractivity contribution in [1.29, 1.82) is 0 Å². The minimum atomic E-state index is -0.662. The van der Waals surface area contributed by atoms with Gasteiger partial charge in [0.1, 0.15) is 5.82 Å². The number of halogens is 2. The Hall–Kier alpha value is -2.40. The molecule has 0 aliphatic heterocycles. The molecule has 0 bridgehead atoms. The second kappa shape index (κ2) is 8.54. The van der Waals surface area contributed by atoms with E-state index in [0.717, 1.165) is 17.2 Å². The number of carbonyl (C=O) groups is 2. The van der Waals surface area contributed by atoms with Gasteiger partial charge in [0.05, 0.1) is 11.3 Å². The van der Waals surface area contributed by atoms with Crippen LogP contribution in [0.2, 0.25) is 5.02 Å². The Kier molecular flexibility index (Phi) is 6.74. The highest BCUT2D eigenvalue weighted by atomic mass is 35.5. The number of anilines is 1. The summed E-state index contributed by atoms with van der Waals surface area (Å²) >= 11 is 5.69. The molecule has 0 unspecified atom stereocenters. The molecule has 0 aliphatic rings. The molecule has 156 valence electrons. The third kappa shape index (κ3) is 6.29. The van der Waals surface area contributed by atoms with Crippen molar-refractivity contribution in [2.75, 3.05) is 11.9 Å². The van der Waals surface area contributed by atoms with Crippen molar-refractivity contribution in [2.45, 2.75) is 52.4 Å². The maximum absolute atomic E-state index is 13.8. The van der Waals surface area contributed by atoms with Crippen LogP contribution in [0.3, 0.4) is 0 Å². The van der Waals surface area contributed by atoms with E-state index in [1.165, 1.54) is 12.1 Å². The lowest BCUT2D eigenvalue weighted by molar-refractivity contribution is -0.119. The summed E-state index contributed by atoms with van der Waals surface area (Å²) in [5, 5.41) is 2.59. The van der Waals surface area contributed by atoms with Crippen LogP contribution in [-0.4, -0.2) is 18.5 Å². The van der Waals surface area contributed by atoms with Crippen LogP contribution in [-0.2, 0) is 20.4 Å². The van der Waals surface area contributed by atoms with Crippen LogP contribution >= 0.6 is 11.6 Å². The van der Waals surface area contributed by atoms with E-state index in [9.17, 15) is 14.0 Å². The highest BCUT2D eigenvalue weighted by Gasteiger charge is 2.23. The maximum Gasteiger partial charge on any atom is 0.338 e. The smallest absolute Gasteiger partial charge is 0.338 e. The third-order valence-corrected chi connectivity index (χ3v) is 4.68. The third-order valence-electron chi connectivity index (χ3n) is 4.44. The van der Waals surface area contributed by atoms with Gasteiger partial charge in [-0.15, -0.1) is 0 Å². The molecule has 29 heavy (non-hydrogen) atoms. The molecule has 2 aromatic carbocycles. The number of carbonyl (C=O) groups excluding carboxylic acids is 2. The van der Waals surface area contributed by atoms with Gasteiger partial charge in [-0.1, -0.05) is 59.2 Å². The molecular weight excluding hydrogens is 393 g/mol. The molecule has 0 heterocycles. The number of benzene rings is 2. The Morgan fingerprint density at radius 2 is 1.52 bits per heavy atom. The van der Waals surface area contributed by atoms with Gasteiger partial charge >= 0.3 is 5.97 Å². The standard InChI is InChI=1S/C23H27ClFNO3/c1-22(2,3)15-9-14(10-16(11-15)23(4,5)6)21(28)29-13-20(27)26-19-8-7-17(24)12-18(19)25/h7-12H,13H2,1-6H3,(H,26,27). The molecule has 0 saturated carbocycles. The summed E-state index contributed by atoms with van der Waals surface area (Å²) in [4.78, 5) is 24.6. The van der Waals surface area contributed by atoms with Crippen molar-refractivity contribution in [3.63, 3.8) is 0 Å². The molecular formula is C23H27ClFNO3. The second-order valence-corrected chi connectivity index (χ2v) is 9.48. The van der Waals surface area contributed by atoms with Crippen molar-refractivity contribution >= 4 is 29.2 Å². The fourth-order valence-corrected chi connectivity index (χ4v) is 2.76. The van der Waals surface area contributed by atoms with Crippen LogP contribution in [0, 0.1) is 5.82 Å². The zero-order valence-corrected chi connectivity index (χ0v) is 18.4. The molecule has 2 rings (SSSR count). The number of amides is 1. The quantitative estimate of drug-likeness (QED) is 0.630. The van der Waals surface area contributed by atoms with E-state index in [1.54, 1.807) is 12.1 Å². The van der Waals surface area contributed by atoms with E-state index >= 15 is 0 Å². The van der Waals surface area contributed by atoms with E-state index in [0.29, 0.717) is 5.56 Å². The molecule has 6 heteroatoms. The van der Waals surface area contributed by atoms with Crippen LogP contribution < -0.4 is 5.32 Å². The fraction of sp³-hybridized carbons (Fsp3) is 0.391. The topological polar surface area (TPSA) is 55.4 Å². The summed E-state index contributed by atoms with van der Waals surface area (Å²) in [6.07, 6.45) is 0. The number of esters is 1. The molecule has 4 nitrogen and oxygen atoms in total. The van der Waals surface area contributed by atoms with Crippen LogP contribution in [0.4, 0.5) is 10.1 Å². The monoisotopic (exact) mass is 419 g/mol. The van der Waals surface area contributed by atoms with Gasteiger partial charge in [0.25, 0.3) is 5.91 Å². The van der Waals surface area contributed by atoms with Crippen LogP contribution in [0.5, 0.6) is 0 Å². The molecule has 1 N–H and O–H groups in total. The lowest BCUT2D eigenvalue weighted by Crippen LogP contribution is -2.22. The summed E-state index contributed by atoms with van der Waals surface area (Å²) in [6.45, 7) is 11.9. The van der Waals surface area contributed by atoms with Gasteiger partial charge in [0, 0.05) is 5.02 Å². The van der Waals surface area contributed by atoms with Gasteiger partial charge in [-0.2, -0.15) is 0 Å². The normalized spacial score (nSPS) is 11.9. The van der Waals surface area contributed by atoms with Crippen LogP contribution in [0.25, 0.3) is 0 Å². The molecule has 0 fully saturated rings. The van der Waals surface area contributed by atoms with Gasteiger partial charge in [-0.05, 0) is 52.3 Å².